The van der Waals surface area contributed by atoms with E-state index < -0.39 is 19.5 Å². The number of aliphatic hydroxyl groups excluding tert-OH is 2. The van der Waals surface area contributed by atoms with Crippen LogP contribution in [0.3, 0.4) is 0 Å². The molecule has 0 aromatic rings. The number of hydrogen-bond acceptors (Lipinski definition) is 16. The summed E-state index contributed by atoms with van der Waals surface area (Å²) in [5, 5.41) is 26.5. The first-order valence-electron chi connectivity index (χ1n) is 16.3. The zero-order valence-electron chi connectivity index (χ0n) is 31.0. The molecule has 0 fully saturated rings. The predicted molar refractivity (Wildman–Crippen MR) is 203 cm³/mol. The van der Waals surface area contributed by atoms with Gasteiger partial charge in [-0.25, -0.2) is 0 Å². The van der Waals surface area contributed by atoms with E-state index >= 15 is 0 Å². The zero-order valence-corrected chi connectivity index (χ0v) is 38.1. The van der Waals surface area contributed by atoms with Gasteiger partial charge in [-0.3, -0.25) is 0 Å². The Morgan fingerprint density at radius 3 is 1.00 bits per heavy atom. The number of aliphatic hydroxyl groups is 2. The van der Waals surface area contributed by atoms with E-state index in [0.717, 1.165) is 13.0 Å². The maximum absolute atomic E-state index is 9.02. The average molecular weight is 869 g/mol. The SMILES string of the molecule is CCCOCCOCCN=[N+]=[N-].O=S=S(=O)=O.OCCOCCOCCCl.[N-]=[N+]=NCCOCCOCCCl.[N-]=[N+]=NCCOCCOCCO.[Na][Na]. The summed E-state index contributed by atoms with van der Waals surface area (Å²) in [5.74, 6) is 1.01. The Bertz CT molecular complexity index is 898. The summed E-state index contributed by atoms with van der Waals surface area (Å²) in [4.78, 5) is 7.74. The van der Waals surface area contributed by atoms with Gasteiger partial charge in [0.1, 0.15) is 0 Å². The maximum atomic E-state index is 9.02. The molecule has 0 radical (unpaired) electrons. The number of nitrogens with zero attached hydrogens (tertiary/aromatic N) is 9. The molecule has 2 N–H and O–H groups in total. The topological polar surface area (TPSA) is 312 Å². The van der Waals surface area contributed by atoms with Crippen molar-refractivity contribution in [3.8, 4) is 0 Å². The molecule has 0 rings (SSSR count). The summed E-state index contributed by atoms with van der Waals surface area (Å²) in [6.07, 6.45) is 1.03. The van der Waals surface area contributed by atoms with E-state index in [0.29, 0.717) is 130 Å². The summed E-state index contributed by atoms with van der Waals surface area (Å²) in [5.41, 5.74) is 23.7. The molecule has 304 valence electrons. The molecular formula is C25H53Cl2N9Na2O13S2. The number of rotatable bonds is 31. The molecule has 0 spiro atoms. The van der Waals surface area contributed by atoms with Crippen molar-refractivity contribution in [3.63, 3.8) is 0 Å². The molecule has 0 amide bonds. The molecule has 0 saturated carbocycles. The van der Waals surface area contributed by atoms with E-state index in [-0.39, 0.29) is 13.2 Å². The van der Waals surface area contributed by atoms with Crippen molar-refractivity contribution in [2.75, 3.05) is 150 Å². The molecule has 28 heteroatoms. The van der Waals surface area contributed by atoms with Crippen molar-refractivity contribution in [2.24, 2.45) is 15.3 Å². The first-order valence-corrected chi connectivity index (χ1v) is 27.7. The Kier molecular flexibility index (Phi) is 93.7. The first kappa shape index (κ1) is 64.8. The molecule has 0 aliphatic heterocycles. The second-order valence-electron chi connectivity index (χ2n) is 7.86. The number of hydrogen-bond donors (Lipinski definition) is 2. The normalized spacial score (nSPS) is 9.08. The van der Waals surface area contributed by atoms with Crippen molar-refractivity contribution in [1.29, 1.82) is 0 Å². The van der Waals surface area contributed by atoms with Gasteiger partial charge in [0.25, 0.3) is 0 Å². The van der Waals surface area contributed by atoms with Crippen molar-refractivity contribution in [3.05, 3.63) is 31.3 Å². The van der Waals surface area contributed by atoms with Gasteiger partial charge in [-0.1, -0.05) is 22.3 Å². The first-order chi connectivity index (χ1) is 25.9. The molecule has 22 nitrogen and oxygen atoms in total. The third-order valence-electron chi connectivity index (χ3n) is 4.00. The van der Waals surface area contributed by atoms with Crippen LogP contribution in [0.15, 0.2) is 15.3 Å². The minimum absolute atomic E-state index is 0.0265. The van der Waals surface area contributed by atoms with Gasteiger partial charge >= 0.3 is 52.9 Å². The third-order valence-corrected chi connectivity index (χ3v) is 4.76. The van der Waals surface area contributed by atoms with Gasteiger partial charge in [-0.05, 0) is 23.0 Å². The molecule has 0 atom stereocenters. The zero-order chi connectivity index (χ0) is 41.2. The van der Waals surface area contributed by atoms with Crippen molar-refractivity contribution < 1.29 is 60.7 Å². The molecule has 53 heavy (non-hydrogen) atoms. The second-order valence-corrected chi connectivity index (χ2v) is 10.4. The number of halogens is 2. The van der Waals surface area contributed by atoms with E-state index in [1.54, 1.807) is 0 Å². The van der Waals surface area contributed by atoms with Gasteiger partial charge in [-0.15, -0.1) is 23.2 Å². The van der Waals surface area contributed by atoms with Crippen molar-refractivity contribution in [2.45, 2.75) is 13.3 Å². The number of azide groups is 3. The van der Waals surface area contributed by atoms with E-state index in [9.17, 15) is 0 Å². The van der Waals surface area contributed by atoms with Gasteiger partial charge in [-0.2, -0.15) is 12.6 Å². The van der Waals surface area contributed by atoms with Crippen LogP contribution in [-0.2, 0) is 57.4 Å². The fourth-order valence-corrected chi connectivity index (χ4v) is 2.34. The number of ether oxygens (including phenoxy) is 8. The van der Waals surface area contributed by atoms with Crippen LogP contribution in [0.2, 0.25) is 0 Å². The monoisotopic (exact) mass is 867 g/mol. The Labute approximate surface area is 354 Å². The quantitative estimate of drug-likeness (QED) is 0.0252. The number of alkyl halides is 2. The summed E-state index contributed by atoms with van der Waals surface area (Å²) >= 11 is 13.6. The van der Waals surface area contributed by atoms with Gasteiger partial charge in [0, 0.05) is 52.7 Å². The van der Waals surface area contributed by atoms with Crippen LogP contribution in [0, 0.1) is 0 Å². The van der Waals surface area contributed by atoms with Gasteiger partial charge in [0.05, 0.1) is 112 Å². The molecule has 0 unspecified atom stereocenters. The molecule has 0 heterocycles. The predicted octanol–water partition coefficient (Wildman–Crippen LogP) is 2.11. The standard InChI is InChI=1S/C7H15N3O2.C6H12ClN3O2.C6H13ClO3.C6H13N3O3.2Na.O3S2/c1-2-4-11-6-7-12-5-3-9-10-8;7-1-3-11-5-6-12-4-2-9-10-8;7-1-3-9-5-6-10-4-2-8;7-9-8-1-3-11-5-6-12-4-2-10;;;1-4-5(2)3/h2-7H2,1H3;1-6H2;8H,1-6H2;10H,1-6H2;;;. The van der Waals surface area contributed by atoms with E-state index in [4.69, 9.17) is 101 Å². The Morgan fingerprint density at radius 2 is 0.792 bits per heavy atom. The molecule has 0 aromatic heterocycles. The molecule has 0 aliphatic rings. The van der Waals surface area contributed by atoms with E-state index in [2.05, 4.69) is 37.0 Å². The molecule has 0 aromatic carbocycles. The average Bonchev–Trinajstić information content (AvgIpc) is 3.18. The van der Waals surface area contributed by atoms with Gasteiger partial charge < -0.3 is 48.1 Å². The van der Waals surface area contributed by atoms with Crippen LogP contribution in [0.5, 0.6) is 0 Å². The van der Waals surface area contributed by atoms with Crippen LogP contribution in [0.25, 0.3) is 31.3 Å². The van der Waals surface area contributed by atoms with Gasteiger partial charge in [0.15, 0.2) is 0 Å². The fraction of sp³-hybridized carbons (Fsp3) is 1.00. The van der Waals surface area contributed by atoms with Gasteiger partial charge in [0.2, 0.25) is 10.2 Å². The van der Waals surface area contributed by atoms with Crippen LogP contribution < -0.4 is 0 Å². The van der Waals surface area contributed by atoms with Crippen molar-refractivity contribution in [1.82, 2.24) is 0 Å². The summed E-state index contributed by atoms with van der Waals surface area (Å²) in [6.45, 7) is 11.4. The van der Waals surface area contributed by atoms with Crippen LogP contribution in [0.1, 0.15) is 13.3 Å². The van der Waals surface area contributed by atoms with E-state index in [1.165, 1.54) is 43.6 Å². The molecule has 0 saturated heterocycles. The van der Waals surface area contributed by atoms with Crippen molar-refractivity contribution >= 4 is 86.3 Å². The summed E-state index contributed by atoms with van der Waals surface area (Å²) in [6, 6.07) is 0. The van der Waals surface area contributed by atoms with E-state index in [1.807, 2.05) is 0 Å². The third kappa shape index (κ3) is 100. The fourth-order valence-electron chi connectivity index (χ4n) is 2.12. The summed E-state index contributed by atoms with van der Waals surface area (Å²) < 4.78 is 67.1. The Hall–Kier alpha value is -0.0500. The molecular weight excluding hydrogens is 815 g/mol. The summed E-state index contributed by atoms with van der Waals surface area (Å²) in [7, 11) is -2.92. The second kappa shape index (κ2) is 76.6. The van der Waals surface area contributed by atoms with Crippen LogP contribution in [0.4, 0.5) is 0 Å². The molecule has 0 bridgehead atoms. The molecule has 0 aliphatic carbocycles. The van der Waals surface area contributed by atoms with Crippen LogP contribution in [-0.4, -0.2) is 217 Å². The minimum atomic E-state index is -2.46. The Balaban J connectivity index is -0.000000131. The van der Waals surface area contributed by atoms with Crippen LogP contribution >= 0.6 is 23.2 Å². The Morgan fingerprint density at radius 1 is 0.547 bits per heavy atom.